The van der Waals surface area contributed by atoms with E-state index in [0.717, 1.165) is 10.8 Å². The summed E-state index contributed by atoms with van der Waals surface area (Å²) in [5.41, 5.74) is 0. The molecule has 0 amide bonds. The summed E-state index contributed by atoms with van der Waals surface area (Å²) < 4.78 is 50.8. The quantitative estimate of drug-likeness (QED) is 0.644. The summed E-state index contributed by atoms with van der Waals surface area (Å²) in [4.78, 5) is 0. The van der Waals surface area contributed by atoms with Gasteiger partial charge in [0.25, 0.3) is 14.2 Å². The molecule has 18 heavy (non-hydrogen) atoms. The molecule has 1 aromatic heterocycles. The molecule has 0 bridgehead atoms. The van der Waals surface area contributed by atoms with Gasteiger partial charge in [0.15, 0.2) is 9.84 Å². The van der Waals surface area contributed by atoms with Gasteiger partial charge in [0.05, 0.1) is 13.2 Å². The van der Waals surface area contributed by atoms with E-state index in [1.807, 2.05) is 0 Å². The van der Waals surface area contributed by atoms with E-state index in [1.165, 1.54) is 7.11 Å². The molecule has 0 aliphatic heterocycles. The highest BCUT2D eigenvalue weighted by Gasteiger charge is 2.24. The van der Waals surface area contributed by atoms with Crippen molar-refractivity contribution in [3.8, 4) is 0 Å². The fourth-order valence-electron chi connectivity index (χ4n) is 1.25. The lowest BCUT2D eigenvalue weighted by Gasteiger charge is -2.07. The van der Waals surface area contributed by atoms with Crippen molar-refractivity contribution in [2.45, 2.75) is 17.5 Å². The normalized spacial score (nSPS) is 12.8. The van der Waals surface area contributed by atoms with E-state index in [0.29, 0.717) is 0 Å². The minimum Gasteiger partial charge on any atom is -0.383 e. The smallest absolute Gasteiger partial charge is 0.296 e. The van der Waals surface area contributed by atoms with Gasteiger partial charge in [0, 0.05) is 24.0 Å². The lowest BCUT2D eigenvalue weighted by atomic mass is 10.6. The molecular formula is C7H12ClN3O5S2. The van der Waals surface area contributed by atoms with E-state index in [2.05, 4.69) is 10.2 Å². The average Bonchev–Trinajstić information content (AvgIpc) is 2.54. The van der Waals surface area contributed by atoms with Crippen molar-refractivity contribution in [3.05, 3.63) is 5.82 Å². The van der Waals surface area contributed by atoms with Crippen molar-refractivity contribution >= 4 is 29.6 Å². The standard InChI is InChI=1S/C7H12ClN3O5S2/c1-16-4-3-11-6(5-17(2,12)13)9-10-7(11)18(8,14)15/h3-5H2,1-2H3. The first-order valence-electron chi connectivity index (χ1n) is 4.68. The minimum atomic E-state index is -4.09. The van der Waals surface area contributed by atoms with Crippen molar-refractivity contribution in [2.75, 3.05) is 20.0 Å². The molecule has 1 heterocycles. The molecule has 0 saturated carbocycles. The first-order chi connectivity index (χ1) is 8.15. The fourth-order valence-corrected chi connectivity index (χ4v) is 2.87. The van der Waals surface area contributed by atoms with E-state index in [9.17, 15) is 16.8 Å². The Morgan fingerprint density at radius 1 is 1.28 bits per heavy atom. The van der Waals surface area contributed by atoms with E-state index >= 15 is 0 Å². The monoisotopic (exact) mass is 317 g/mol. The molecule has 0 N–H and O–H groups in total. The number of rotatable bonds is 6. The third-order valence-electron chi connectivity index (χ3n) is 1.92. The molecule has 0 aliphatic rings. The molecule has 1 rings (SSSR count). The Balaban J connectivity index is 3.24. The van der Waals surface area contributed by atoms with Crippen LogP contribution in [0.4, 0.5) is 0 Å². The summed E-state index contributed by atoms with van der Waals surface area (Å²) in [7, 11) is -0.834. The maximum absolute atomic E-state index is 11.2. The lowest BCUT2D eigenvalue weighted by molar-refractivity contribution is 0.183. The molecule has 1 aromatic rings. The van der Waals surface area contributed by atoms with Gasteiger partial charge in [0.1, 0.15) is 11.6 Å². The summed E-state index contributed by atoms with van der Waals surface area (Å²) in [6.45, 7) is 0.268. The highest BCUT2D eigenvalue weighted by Crippen LogP contribution is 2.15. The van der Waals surface area contributed by atoms with E-state index in [-0.39, 0.29) is 19.0 Å². The van der Waals surface area contributed by atoms with E-state index in [4.69, 9.17) is 15.4 Å². The first kappa shape index (κ1) is 15.3. The molecule has 0 unspecified atom stereocenters. The second-order valence-electron chi connectivity index (χ2n) is 3.55. The van der Waals surface area contributed by atoms with Gasteiger partial charge in [-0.05, 0) is 0 Å². The minimum absolute atomic E-state index is 0.00813. The van der Waals surface area contributed by atoms with Crippen LogP contribution in [0.5, 0.6) is 0 Å². The van der Waals surface area contributed by atoms with Gasteiger partial charge in [-0.2, -0.15) is 0 Å². The van der Waals surface area contributed by atoms with Crippen molar-refractivity contribution in [1.29, 1.82) is 0 Å². The molecule has 0 spiro atoms. The van der Waals surface area contributed by atoms with Crippen LogP contribution >= 0.6 is 10.7 Å². The Hall–Kier alpha value is -0.710. The summed E-state index contributed by atoms with van der Waals surface area (Å²) in [5.74, 6) is -0.412. The number of sulfone groups is 1. The van der Waals surface area contributed by atoms with Crippen LogP contribution in [-0.4, -0.2) is 51.6 Å². The molecule has 0 atom stereocenters. The van der Waals surface area contributed by atoms with Crippen molar-refractivity contribution < 1.29 is 21.6 Å². The topological polar surface area (TPSA) is 108 Å². The predicted octanol–water partition coefficient (Wildman–Crippen LogP) is -0.603. The third-order valence-corrected chi connectivity index (χ3v) is 3.86. The summed E-state index contributed by atoms with van der Waals surface area (Å²) in [6, 6.07) is 0. The summed E-state index contributed by atoms with van der Waals surface area (Å²) in [5, 5.41) is 6.45. The van der Waals surface area contributed by atoms with Crippen molar-refractivity contribution in [2.24, 2.45) is 0 Å². The largest absolute Gasteiger partial charge is 0.383 e. The number of aromatic nitrogens is 3. The lowest BCUT2D eigenvalue weighted by Crippen LogP contribution is -2.15. The van der Waals surface area contributed by atoms with Crippen LogP contribution < -0.4 is 0 Å². The highest BCUT2D eigenvalue weighted by atomic mass is 35.7. The van der Waals surface area contributed by atoms with Crippen LogP contribution in [0.1, 0.15) is 5.82 Å². The first-order valence-corrected chi connectivity index (χ1v) is 9.05. The molecule has 0 saturated heterocycles. The van der Waals surface area contributed by atoms with E-state index < -0.39 is 29.8 Å². The van der Waals surface area contributed by atoms with Crippen LogP contribution in [0.15, 0.2) is 5.16 Å². The average molecular weight is 318 g/mol. The second-order valence-corrected chi connectivity index (χ2v) is 8.15. The number of ether oxygens (including phenoxy) is 1. The third kappa shape index (κ3) is 4.19. The zero-order valence-corrected chi connectivity index (χ0v) is 12.1. The molecule has 11 heteroatoms. The van der Waals surface area contributed by atoms with Crippen LogP contribution in [0.3, 0.4) is 0 Å². The molecule has 0 aromatic carbocycles. The van der Waals surface area contributed by atoms with Crippen molar-refractivity contribution in [3.63, 3.8) is 0 Å². The van der Waals surface area contributed by atoms with E-state index in [1.54, 1.807) is 0 Å². The van der Waals surface area contributed by atoms with Crippen LogP contribution in [-0.2, 0) is 35.9 Å². The number of nitrogens with zero attached hydrogens (tertiary/aromatic N) is 3. The van der Waals surface area contributed by atoms with Gasteiger partial charge in [-0.25, -0.2) is 16.8 Å². The van der Waals surface area contributed by atoms with Gasteiger partial charge in [0.2, 0.25) is 0 Å². The second kappa shape index (κ2) is 5.51. The van der Waals surface area contributed by atoms with Crippen LogP contribution in [0.2, 0.25) is 0 Å². The van der Waals surface area contributed by atoms with Gasteiger partial charge < -0.3 is 4.74 Å². The Bertz CT molecular complexity index is 622. The molecule has 0 fully saturated rings. The molecule has 0 radical (unpaired) electrons. The Kier molecular flexibility index (Phi) is 4.70. The van der Waals surface area contributed by atoms with Crippen molar-refractivity contribution in [1.82, 2.24) is 14.8 Å². The fraction of sp³-hybridized carbons (Fsp3) is 0.714. The predicted molar refractivity (Wildman–Crippen MR) is 63.5 cm³/mol. The molecule has 104 valence electrons. The maximum Gasteiger partial charge on any atom is 0.296 e. The van der Waals surface area contributed by atoms with Crippen LogP contribution in [0.25, 0.3) is 0 Å². The molecule has 8 nitrogen and oxygen atoms in total. The van der Waals surface area contributed by atoms with Gasteiger partial charge in [-0.15, -0.1) is 10.2 Å². The Morgan fingerprint density at radius 2 is 1.89 bits per heavy atom. The Morgan fingerprint density at radius 3 is 2.33 bits per heavy atom. The number of methoxy groups -OCH3 is 1. The van der Waals surface area contributed by atoms with Gasteiger partial charge in [-0.3, -0.25) is 4.57 Å². The van der Waals surface area contributed by atoms with Crippen LogP contribution in [0, 0.1) is 0 Å². The molecule has 0 aliphatic carbocycles. The number of halogens is 1. The zero-order chi connectivity index (χ0) is 14.0. The van der Waals surface area contributed by atoms with Gasteiger partial charge in [-0.1, -0.05) is 0 Å². The zero-order valence-electron chi connectivity index (χ0n) is 9.70. The number of hydrogen-bond donors (Lipinski definition) is 0. The Labute approximate surface area is 109 Å². The maximum atomic E-state index is 11.2. The van der Waals surface area contributed by atoms with Gasteiger partial charge >= 0.3 is 0 Å². The highest BCUT2D eigenvalue weighted by molar-refractivity contribution is 8.13. The summed E-state index contributed by atoms with van der Waals surface area (Å²) >= 11 is 0. The number of hydrogen-bond acceptors (Lipinski definition) is 7. The molecular weight excluding hydrogens is 306 g/mol. The SMILES string of the molecule is COCCn1c(CS(C)(=O)=O)nnc1S(=O)(=O)Cl. The summed E-state index contributed by atoms with van der Waals surface area (Å²) in [6.07, 6.45) is 1.01.